The third-order valence-corrected chi connectivity index (χ3v) is 3.38. The Morgan fingerprint density at radius 2 is 1.39 bits per heavy atom. The van der Waals surface area contributed by atoms with Gasteiger partial charge in [0.2, 0.25) is 0 Å². The van der Waals surface area contributed by atoms with Gasteiger partial charge in [-0.3, -0.25) is 0 Å². The highest BCUT2D eigenvalue weighted by Crippen LogP contribution is 2.16. The van der Waals surface area contributed by atoms with Crippen molar-refractivity contribution < 1.29 is 9.53 Å². The molecule has 0 aliphatic rings. The molecule has 2 N–H and O–H groups in total. The highest BCUT2D eigenvalue weighted by molar-refractivity contribution is 5.99. The van der Waals surface area contributed by atoms with Crippen molar-refractivity contribution in [3.05, 3.63) is 73.1 Å². The van der Waals surface area contributed by atoms with Crippen molar-refractivity contribution >= 4 is 17.4 Å². The summed E-state index contributed by atoms with van der Waals surface area (Å²) in [6, 6.07) is 18.4. The van der Waals surface area contributed by atoms with Crippen LogP contribution < -0.4 is 15.4 Å². The zero-order valence-corrected chi connectivity index (χ0v) is 12.7. The van der Waals surface area contributed by atoms with Crippen LogP contribution in [-0.4, -0.2) is 17.7 Å². The Balaban J connectivity index is 1.61. The number of methoxy groups -OCH3 is 1. The minimum absolute atomic E-state index is 0.288. The third kappa shape index (κ3) is 3.71. The Bertz CT molecular complexity index is 763. The Morgan fingerprint density at radius 3 is 1.91 bits per heavy atom. The van der Waals surface area contributed by atoms with Crippen LogP contribution in [-0.2, 0) is 0 Å². The molecule has 0 saturated carbocycles. The van der Waals surface area contributed by atoms with Crippen molar-refractivity contribution in [3.8, 4) is 11.4 Å². The van der Waals surface area contributed by atoms with Crippen LogP contribution in [0.1, 0.15) is 0 Å². The summed E-state index contributed by atoms with van der Waals surface area (Å²) in [6.45, 7) is 0. The van der Waals surface area contributed by atoms with Gasteiger partial charge in [-0.1, -0.05) is 0 Å². The number of carbonyl (C=O) groups is 1. The molecule has 3 rings (SSSR count). The van der Waals surface area contributed by atoms with Crippen LogP contribution in [0.25, 0.3) is 5.69 Å². The zero-order chi connectivity index (χ0) is 16.1. The average Bonchev–Trinajstić information content (AvgIpc) is 3.11. The van der Waals surface area contributed by atoms with Crippen LogP contribution in [0.4, 0.5) is 16.2 Å². The highest BCUT2D eigenvalue weighted by Gasteiger charge is 2.03. The summed E-state index contributed by atoms with van der Waals surface area (Å²) in [5.74, 6) is 0.747. The van der Waals surface area contributed by atoms with Crippen molar-refractivity contribution in [2.24, 2.45) is 0 Å². The summed E-state index contributed by atoms with van der Waals surface area (Å²) in [6.07, 6.45) is 3.94. The van der Waals surface area contributed by atoms with E-state index >= 15 is 0 Å². The molecule has 0 saturated heterocycles. The summed E-state index contributed by atoms with van der Waals surface area (Å²) in [5.41, 5.74) is 2.47. The van der Waals surface area contributed by atoms with Gasteiger partial charge in [0.15, 0.2) is 0 Å². The predicted molar refractivity (Wildman–Crippen MR) is 91.4 cm³/mol. The first kappa shape index (κ1) is 14.7. The fraction of sp³-hybridized carbons (Fsp3) is 0.0556. The minimum atomic E-state index is -0.288. The molecule has 0 aliphatic carbocycles. The number of benzene rings is 2. The molecule has 5 nitrogen and oxygen atoms in total. The lowest BCUT2D eigenvalue weighted by molar-refractivity contribution is 0.262. The number of rotatable bonds is 4. The second-order valence-corrected chi connectivity index (χ2v) is 4.94. The van der Waals surface area contributed by atoms with Crippen LogP contribution in [0.3, 0.4) is 0 Å². The summed E-state index contributed by atoms with van der Waals surface area (Å²) in [5, 5.41) is 5.57. The summed E-state index contributed by atoms with van der Waals surface area (Å²) < 4.78 is 7.08. The van der Waals surface area contributed by atoms with Gasteiger partial charge in [-0.2, -0.15) is 0 Å². The second-order valence-electron chi connectivity index (χ2n) is 4.94. The average molecular weight is 307 g/mol. The first-order chi connectivity index (χ1) is 11.2. The van der Waals surface area contributed by atoms with Gasteiger partial charge in [-0.05, 0) is 60.7 Å². The summed E-state index contributed by atoms with van der Waals surface area (Å²) in [4.78, 5) is 12.0. The maximum atomic E-state index is 12.0. The maximum absolute atomic E-state index is 12.0. The number of nitrogens with one attached hydrogen (secondary N) is 2. The molecule has 2 aromatic carbocycles. The number of anilines is 2. The standard InChI is InChI=1S/C18H17N3O2/c1-23-17-10-6-15(7-11-17)20-18(22)19-14-4-8-16(9-5-14)21-12-2-3-13-21/h2-13H,1H3,(H2,19,20,22). The van der Waals surface area contributed by atoms with Gasteiger partial charge in [0.05, 0.1) is 7.11 Å². The number of carbonyl (C=O) groups excluding carboxylic acids is 1. The molecule has 0 radical (unpaired) electrons. The van der Waals surface area contributed by atoms with E-state index in [4.69, 9.17) is 4.74 Å². The zero-order valence-electron chi connectivity index (χ0n) is 12.7. The topological polar surface area (TPSA) is 55.3 Å². The van der Waals surface area contributed by atoms with E-state index in [0.717, 1.165) is 17.1 Å². The fourth-order valence-electron chi connectivity index (χ4n) is 2.19. The Morgan fingerprint density at radius 1 is 0.870 bits per heavy atom. The number of urea groups is 1. The van der Waals surface area contributed by atoms with Crippen molar-refractivity contribution in [1.29, 1.82) is 0 Å². The molecule has 0 aliphatic heterocycles. The maximum Gasteiger partial charge on any atom is 0.323 e. The predicted octanol–water partition coefficient (Wildman–Crippen LogP) is 4.13. The molecule has 2 amide bonds. The van der Waals surface area contributed by atoms with Gasteiger partial charge >= 0.3 is 6.03 Å². The quantitative estimate of drug-likeness (QED) is 0.761. The second kappa shape index (κ2) is 6.70. The molecule has 1 heterocycles. The van der Waals surface area contributed by atoms with E-state index in [-0.39, 0.29) is 6.03 Å². The van der Waals surface area contributed by atoms with Crippen molar-refractivity contribution in [2.75, 3.05) is 17.7 Å². The molecule has 3 aromatic rings. The lowest BCUT2D eigenvalue weighted by atomic mass is 10.3. The van der Waals surface area contributed by atoms with Gasteiger partial charge in [-0.25, -0.2) is 4.79 Å². The molecule has 23 heavy (non-hydrogen) atoms. The Hall–Kier alpha value is -3.21. The summed E-state index contributed by atoms with van der Waals surface area (Å²) >= 11 is 0. The van der Waals surface area contributed by atoms with Gasteiger partial charge in [0.25, 0.3) is 0 Å². The lowest BCUT2D eigenvalue weighted by Gasteiger charge is -2.09. The number of hydrogen-bond acceptors (Lipinski definition) is 2. The Labute approximate surface area is 134 Å². The molecule has 116 valence electrons. The van der Waals surface area contributed by atoms with Crippen molar-refractivity contribution in [3.63, 3.8) is 0 Å². The smallest absolute Gasteiger partial charge is 0.323 e. The molecule has 1 aromatic heterocycles. The molecule has 0 bridgehead atoms. The fourth-order valence-corrected chi connectivity index (χ4v) is 2.19. The van der Waals surface area contributed by atoms with E-state index < -0.39 is 0 Å². The van der Waals surface area contributed by atoms with Crippen LogP contribution in [0.15, 0.2) is 73.1 Å². The first-order valence-corrected chi connectivity index (χ1v) is 7.20. The largest absolute Gasteiger partial charge is 0.497 e. The summed E-state index contributed by atoms with van der Waals surface area (Å²) in [7, 11) is 1.60. The number of aromatic nitrogens is 1. The normalized spacial score (nSPS) is 10.1. The van der Waals surface area contributed by atoms with Gasteiger partial charge in [-0.15, -0.1) is 0 Å². The highest BCUT2D eigenvalue weighted by atomic mass is 16.5. The van der Waals surface area contributed by atoms with E-state index in [2.05, 4.69) is 10.6 Å². The first-order valence-electron chi connectivity index (χ1n) is 7.20. The number of nitrogens with zero attached hydrogens (tertiary/aromatic N) is 1. The minimum Gasteiger partial charge on any atom is -0.497 e. The monoisotopic (exact) mass is 307 g/mol. The van der Waals surface area contributed by atoms with Gasteiger partial charge < -0.3 is 19.9 Å². The number of hydrogen-bond donors (Lipinski definition) is 2. The molecular weight excluding hydrogens is 290 g/mol. The van der Waals surface area contributed by atoms with Crippen molar-refractivity contribution in [2.45, 2.75) is 0 Å². The molecular formula is C18H17N3O2. The molecule has 5 heteroatoms. The molecule has 0 atom stereocenters. The third-order valence-electron chi connectivity index (χ3n) is 3.38. The molecule has 0 unspecified atom stereocenters. The lowest BCUT2D eigenvalue weighted by Crippen LogP contribution is -2.19. The Kier molecular flexibility index (Phi) is 4.29. The van der Waals surface area contributed by atoms with Gasteiger partial charge in [0.1, 0.15) is 5.75 Å². The molecule has 0 fully saturated rings. The van der Waals surface area contributed by atoms with Crippen LogP contribution in [0, 0.1) is 0 Å². The van der Waals surface area contributed by atoms with E-state index in [1.165, 1.54) is 0 Å². The van der Waals surface area contributed by atoms with E-state index in [1.54, 1.807) is 31.4 Å². The van der Waals surface area contributed by atoms with Gasteiger partial charge in [0, 0.05) is 29.5 Å². The number of ether oxygens (including phenoxy) is 1. The van der Waals surface area contributed by atoms with Crippen LogP contribution >= 0.6 is 0 Å². The SMILES string of the molecule is COc1ccc(NC(=O)Nc2ccc(-n3cccc3)cc2)cc1. The van der Waals surface area contributed by atoms with Crippen molar-refractivity contribution in [1.82, 2.24) is 4.57 Å². The molecule has 0 spiro atoms. The van der Waals surface area contributed by atoms with E-state index in [1.807, 2.05) is 53.4 Å². The number of amides is 2. The van der Waals surface area contributed by atoms with Crippen LogP contribution in [0.5, 0.6) is 5.75 Å². The van der Waals surface area contributed by atoms with Crippen LogP contribution in [0.2, 0.25) is 0 Å². The van der Waals surface area contributed by atoms with E-state index in [0.29, 0.717) is 5.69 Å². The van der Waals surface area contributed by atoms with E-state index in [9.17, 15) is 4.79 Å².